The molecule has 16 heavy (non-hydrogen) atoms. The van der Waals surface area contributed by atoms with E-state index in [1.807, 2.05) is 0 Å². The largest absolute Gasteiger partial charge is 0.497 e. The van der Waals surface area contributed by atoms with Crippen LogP contribution in [0.25, 0.3) is 0 Å². The summed E-state index contributed by atoms with van der Waals surface area (Å²) in [5, 5.41) is 20.1. The first-order chi connectivity index (χ1) is 7.71. The molecule has 0 aliphatic carbocycles. The molecule has 1 aromatic carbocycles. The van der Waals surface area contributed by atoms with Crippen molar-refractivity contribution in [3.63, 3.8) is 0 Å². The van der Waals surface area contributed by atoms with Crippen molar-refractivity contribution in [1.82, 2.24) is 5.32 Å². The molecule has 5 nitrogen and oxygen atoms in total. The molecule has 0 bridgehead atoms. The van der Waals surface area contributed by atoms with Crippen LogP contribution in [0, 0.1) is 0 Å². The van der Waals surface area contributed by atoms with Gasteiger partial charge in [0.25, 0.3) is 5.91 Å². The molecule has 1 amide bonds. The highest BCUT2D eigenvalue weighted by Gasteiger charge is 2.12. The van der Waals surface area contributed by atoms with Crippen molar-refractivity contribution in [2.24, 2.45) is 0 Å². The molecule has 5 heteroatoms. The van der Waals surface area contributed by atoms with Gasteiger partial charge in [0.15, 0.2) is 0 Å². The lowest BCUT2D eigenvalue weighted by atomic mass is 10.2. The SMILES string of the molecule is COc1cccc(C(=O)NC(CO)CO)c1. The number of aliphatic hydroxyl groups excluding tert-OH is 2. The van der Waals surface area contributed by atoms with Gasteiger partial charge in [0, 0.05) is 5.56 Å². The van der Waals surface area contributed by atoms with E-state index in [-0.39, 0.29) is 19.1 Å². The van der Waals surface area contributed by atoms with Crippen molar-refractivity contribution in [3.05, 3.63) is 29.8 Å². The minimum atomic E-state index is -0.640. The third-order valence-electron chi connectivity index (χ3n) is 2.11. The van der Waals surface area contributed by atoms with Crippen LogP contribution in [0.4, 0.5) is 0 Å². The Kier molecular flexibility index (Phi) is 4.75. The quantitative estimate of drug-likeness (QED) is 0.647. The van der Waals surface area contributed by atoms with Crippen LogP contribution in [-0.4, -0.2) is 42.5 Å². The maximum atomic E-state index is 11.7. The summed E-state index contributed by atoms with van der Waals surface area (Å²) in [5.74, 6) is 0.226. The molecular formula is C11H15NO4. The van der Waals surface area contributed by atoms with Crippen LogP contribution in [0.2, 0.25) is 0 Å². The second-order valence-electron chi connectivity index (χ2n) is 3.27. The Morgan fingerprint density at radius 1 is 1.44 bits per heavy atom. The molecule has 0 aromatic heterocycles. The zero-order valence-corrected chi connectivity index (χ0v) is 9.01. The Morgan fingerprint density at radius 2 is 2.12 bits per heavy atom. The van der Waals surface area contributed by atoms with E-state index in [0.717, 1.165) is 0 Å². The fourth-order valence-corrected chi connectivity index (χ4v) is 1.18. The van der Waals surface area contributed by atoms with E-state index >= 15 is 0 Å². The molecule has 88 valence electrons. The molecule has 0 aliphatic heterocycles. The van der Waals surface area contributed by atoms with Crippen LogP contribution in [0.1, 0.15) is 10.4 Å². The van der Waals surface area contributed by atoms with Gasteiger partial charge in [-0.15, -0.1) is 0 Å². The summed E-state index contributed by atoms with van der Waals surface area (Å²) in [6, 6.07) is 6.00. The zero-order chi connectivity index (χ0) is 12.0. The molecule has 0 unspecified atom stereocenters. The number of hydrogen-bond acceptors (Lipinski definition) is 4. The van der Waals surface area contributed by atoms with E-state index in [1.54, 1.807) is 24.3 Å². The molecule has 0 saturated carbocycles. The van der Waals surface area contributed by atoms with Crippen LogP contribution in [0.15, 0.2) is 24.3 Å². The Hall–Kier alpha value is -1.59. The Morgan fingerprint density at radius 3 is 2.69 bits per heavy atom. The van der Waals surface area contributed by atoms with E-state index in [2.05, 4.69) is 5.32 Å². The maximum Gasteiger partial charge on any atom is 0.251 e. The Labute approximate surface area is 93.7 Å². The number of amides is 1. The molecule has 0 aliphatic rings. The van der Waals surface area contributed by atoms with Crippen molar-refractivity contribution < 1.29 is 19.7 Å². The second kappa shape index (κ2) is 6.09. The molecule has 0 fully saturated rings. The number of rotatable bonds is 5. The first-order valence-electron chi connectivity index (χ1n) is 4.88. The molecule has 0 radical (unpaired) electrons. The average molecular weight is 225 g/mol. The number of benzene rings is 1. The van der Waals surface area contributed by atoms with Gasteiger partial charge in [-0.25, -0.2) is 0 Å². The smallest absolute Gasteiger partial charge is 0.251 e. The predicted molar refractivity (Wildman–Crippen MR) is 58.4 cm³/mol. The number of aliphatic hydroxyl groups is 2. The highest BCUT2D eigenvalue weighted by molar-refractivity contribution is 5.94. The van der Waals surface area contributed by atoms with Crippen LogP contribution in [0.3, 0.4) is 0 Å². The molecule has 0 heterocycles. The lowest BCUT2D eigenvalue weighted by molar-refractivity contribution is 0.0879. The van der Waals surface area contributed by atoms with E-state index < -0.39 is 6.04 Å². The van der Waals surface area contributed by atoms with Crippen molar-refractivity contribution >= 4 is 5.91 Å². The number of carbonyl (C=O) groups is 1. The van der Waals surface area contributed by atoms with Crippen LogP contribution < -0.4 is 10.1 Å². The fourth-order valence-electron chi connectivity index (χ4n) is 1.18. The first-order valence-corrected chi connectivity index (χ1v) is 4.88. The van der Waals surface area contributed by atoms with Gasteiger partial charge in [-0.05, 0) is 18.2 Å². The minimum Gasteiger partial charge on any atom is -0.497 e. The number of methoxy groups -OCH3 is 1. The predicted octanol–water partition coefficient (Wildman–Crippen LogP) is -0.222. The molecule has 0 saturated heterocycles. The molecular weight excluding hydrogens is 210 g/mol. The molecule has 0 atom stereocenters. The summed E-state index contributed by atoms with van der Waals surface area (Å²) in [6.07, 6.45) is 0. The van der Waals surface area contributed by atoms with Gasteiger partial charge in [0.05, 0.1) is 26.4 Å². The van der Waals surface area contributed by atoms with E-state index in [1.165, 1.54) is 7.11 Å². The standard InChI is InChI=1S/C11H15NO4/c1-16-10-4-2-3-8(5-10)11(15)12-9(6-13)7-14/h2-5,9,13-14H,6-7H2,1H3,(H,12,15). The summed E-state index contributed by atoms with van der Waals surface area (Å²) in [4.78, 5) is 11.7. The number of hydrogen-bond donors (Lipinski definition) is 3. The van der Waals surface area contributed by atoms with Crippen molar-refractivity contribution in [2.75, 3.05) is 20.3 Å². The third-order valence-corrected chi connectivity index (χ3v) is 2.11. The van der Waals surface area contributed by atoms with Crippen molar-refractivity contribution in [2.45, 2.75) is 6.04 Å². The lowest BCUT2D eigenvalue weighted by Crippen LogP contribution is -2.40. The topological polar surface area (TPSA) is 78.8 Å². The number of nitrogens with one attached hydrogen (secondary N) is 1. The summed E-state index contributed by atoms with van der Waals surface area (Å²) in [5.41, 5.74) is 0.422. The van der Waals surface area contributed by atoms with E-state index in [9.17, 15) is 4.79 Å². The van der Waals surface area contributed by atoms with E-state index in [4.69, 9.17) is 14.9 Å². The van der Waals surface area contributed by atoms with Gasteiger partial charge in [-0.1, -0.05) is 6.07 Å². The second-order valence-corrected chi connectivity index (χ2v) is 3.27. The normalized spacial score (nSPS) is 10.2. The molecule has 3 N–H and O–H groups in total. The zero-order valence-electron chi connectivity index (χ0n) is 9.01. The highest BCUT2D eigenvalue weighted by Crippen LogP contribution is 2.12. The summed E-state index contributed by atoms with van der Waals surface area (Å²) >= 11 is 0. The summed E-state index contributed by atoms with van der Waals surface area (Å²) in [6.45, 7) is -0.599. The van der Waals surface area contributed by atoms with Gasteiger partial charge < -0.3 is 20.3 Å². The molecule has 1 rings (SSSR count). The monoisotopic (exact) mass is 225 g/mol. The van der Waals surface area contributed by atoms with Crippen LogP contribution >= 0.6 is 0 Å². The highest BCUT2D eigenvalue weighted by atomic mass is 16.5. The van der Waals surface area contributed by atoms with Gasteiger partial charge in [-0.2, -0.15) is 0 Å². The molecule has 1 aromatic rings. The van der Waals surface area contributed by atoms with Crippen molar-refractivity contribution in [3.8, 4) is 5.75 Å². The summed E-state index contributed by atoms with van der Waals surface area (Å²) < 4.78 is 4.98. The van der Waals surface area contributed by atoms with Crippen molar-refractivity contribution in [1.29, 1.82) is 0 Å². The average Bonchev–Trinajstić information content (AvgIpc) is 2.35. The number of ether oxygens (including phenoxy) is 1. The Bertz CT molecular complexity index is 350. The Balaban J connectivity index is 2.72. The van der Waals surface area contributed by atoms with Gasteiger partial charge in [-0.3, -0.25) is 4.79 Å². The first kappa shape index (κ1) is 12.5. The van der Waals surface area contributed by atoms with E-state index in [0.29, 0.717) is 11.3 Å². The van der Waals surface area contributed by atoms with Gasteiger partial charge >= 0.3 is 0 Å². The summed E-state index contributed by atoms with van der Waals surface area (Å²) in [7, 11) is 1.52. The van der Waals surface area contributed by atoms with Gasteiger partial charge in [0.1, 0.15) is 5.75 Å². The lowest BCUT2D eigenvalue weighted by Gasteiger charge is -2.13. The molecule has 0 spiro atoms. The van der Waals surface area contributed by atoms with Gasteiger partial charge in [0.2, 0.25) is 0 Å². The van der Waals surface area contributed by atoms with Crippen LogP contribution in [0.5, 0.6) is 5.75 Å². The third kappa shape index (κ3) is 3.22. The van der Waals surface area contributed by atoms with Crippen LogP contribution in [-0.2, 0) is 0 Å². The fraction of sp³-hybridized carbons (Fsp3) is 0.364. The maximum absolute atomic E-state index is 11.7. The number of carbonyl (C=O) groups excluding carboxylic acids is 1. The minimum absolute atomic E-state index is 0.299.